The summed E-state index contributed by atoms with van der Waals surface area (Å²) < 4.78 is 5.11. The molecule has 1 rings (SSSR count). The molecule has 1 heterocycles. The predicted octanol–water partition coefficient (Wildman–Crippen LogP) is 1.96. The fraction of sp³-hybridized carbons (Fsp3) is 0.636. The first-order valence-electron chi connectivity index (χ1n) is 4.96. The van der Waals surface area contributed by atoms with Crippen molar-refractivity contribution >= 4 is 12.0 Å². The lowest BCUT2D eigenvalue weighted by Crippen LogP contribution is -2.37. The molecule has 0 aromatic rings. The molecule has 0 unspecified atom stereocenters. The second-order valence-electron chi connectivity index (χ2n) is 4.82. The van der Waals surface area contributed by atoms with Gasteiger partial charge in [-0.1, -0.05) is 13.5 Å². The van der Waals surface area contributed by atoms with Gasteiger partial charge in [0.1, 0.15) is 5.60 Å². The molecule has 0 saturated carbocycles. The molecule has 1 aliphatic heterocycles. The molecule has 0 aliphatic carbocycles. The Hall–Kier alpha value is -1.32. The summed E-state index contributed by atoms with van der Waals surface area (Å²) in [6, 6.07) is 0. The number of nitrogens with zero attached hydrogens (tertiary/aromatic N) is 1. The van der Waals surface area contributed by atoms with Crippen molar-refractivity contribution in [3.8, 4) is 0 Å². The average Bonchev–Trinajstić information content (AvgIpc) is 2.30. The standard InChI is InChI=1S/C11H17NO3/c1-7-6-12(9(13)8(7)2)10(14)15-11(3,4)5/h7H,2,6H2,1,3-5H3/t7-/m0/s1. The summed E-state index contributed by atoms with van der Waals surface area (Å²) >= 11 is 0. The smallest absolute Gasteiger partial charge is 0.417 e. The van der Waals surface area contributed by atoms with Gasteiger partial charge in [-0.15, -0.1) is 0 Å². The Kier molecular flexibility index (Phi) is 2.88. The third-order valence-electron chi connectivity index (χ3n) is 2.19. The first kappa shape index (κ1) is 11.8. The Morgan fingerprint density at radius 3 is 2.40 bits per heavy atom. The van der Waals surface area contributed by atoms with Crippen molar-refractivity contribution < 1.29 is 14.3 Å². The van der Waals surface area contributed by atoms with Crippen molar-refractivity contribution in [1.29, 1.82) is 0 Å². The second-order valence-corrected chi connectivity index (χ2v) is 4.82. The average molecular weight is 211 g/mol. The van der Waals surface area contributed by atoms with Crippen molar-refractivity contribution in [2.75, 3.05) is 6.54 Å². The van der Waals surface area contributed by atoms with Crippen molar-refractivity contribution in [3.63, 3.8) is 0 Å². The Morgan fingerprint density at radius 2 is 2.07 bits per heavy atom. The van der Waals surface area contributed by atoms with Gasteiger partial charge in [-0.25, -0.2) is 9.69 Å². The highest BCUT2D eigenvalue weighted by Crippen LogP contribution is 2.23. The highest BCUT2D eigenvalue weighted by Gasteiger charge is 2.37. The minimum absolute atomic E-state index is 0.0185. The lowest BCUT2D eigenvalue weighted by molar-refractivity contribution is -0.124. The maximum absolute atomic E-state index is 11.6. The molecule has 0 spiro atoms. The van der Waals surface area contributed by atoms with Crippen LogP contribution in [-0.4, -0.2) is 29.0 Å². The Morgan fingerprint density at radius 1 is 1.53 bits per heavy atom. The highest BCUT2D eigenvalue weighted by atomic mass is 16.6. The molecule has 1 fully saturated rings. The Labute approximate surface area is 89.9 Å². The van der Waals surface area contributed by atoms with Crippen LogP contribution in [0.3, 0.4) is 0 Å². The number of ether oxygens (including phenoxy) is 1. The maximum atomic E-state index is 11.6. The van der Waals surface area contributed by atoms with Gasteiger partial charge in [0.25, 0.3) is 5.91 Å². The molecular weight excluding hydrogens is 194 g/mol. The molecule has 1 saturated heterocycles. The zero-order chi connectivity index (χ0) is 11.8. The van der Waals surface area contributed by atoms with E-state index >= 15 is 0 Å². The minimum atomic E-state index is -0.585. The summed E-state index contributed by atoms with van der Waals surface area (Å²) in [5.74, 6) is -0.304. The van der Waals surface area contributed by atoms with Crippen LogP contribution in [-0.2, 0) is 9.53 Å². The van der Waals surface area contributed by atoms with E-state index < -0.39 is 11.7 Å². The number of rotatable bonds is 0. The van der Waals surface area contributed by atoms with Gasteiger partial charge in [0.15, 0.2) is 0 Å². The van der Waals surface area contributed by atoms with Crippen molar-refractivity contribution in [1.82, 2.24) is 4.90 Å². The van der Waals surface area contributed by atoms with E-state index in [4.69, 9.17) is 4.74 Å². The molecule has 2 amide bonds. The van der Waals surface area contributed by atoms with Gasteiger partial charge >= 0.3 is 6.09 Å². The lowest BCUT2D eigenvalue weighted by Gasteiger charge is -2.23. The molecule has 84 valence electrons. The van der Waals surface area contributed by atoms with E-state index in [-0.39, 0.29) is 11.8 Å². The predicted molar refractivity (Wildman–Crippen MR) is 56.3 cm³/mol. The van der Waals surface area contributed by atoms with Gasteiger partial charge in [0.05, 0.1) is 0 Å². The quantitative estimate of drug-likeness (QED) is 0.575. The van der Waals surface area contributed by atoms with Crippen molar-refractivity contribution in [2.45, 2.75) is 33.3 Å². The number of hydrogen-bond acceptors (Lipinski definition) is 3. The molecule has 0 bridgehead atoms. The first-order chi connectivity index (χ1) is 6.72. The zero-order valence-electron chi connectivity index (χ0n) is 9.66. The first-order valence-corrected chi connectivity index (χ1v) is 4.96. The molecule has 1 atom stereocenters. The van der Waals surface area contributed by atoms with Crippen LogP contribution < -0.4 is 0 Å². The highest BCUT2D eigenvalue weighted by molar-refractivity contribution is 6.04. The summed E-state index contributed by atoms with van der Waals surface area (Å²) in [5, 5.41) is 0. The molecule has 1 aliphatic rings. The number of hydrogen-bond donors (Lipinski definition) is 0. The summed E-state index contributed by atoms with van der Waals surface area (Å²) in [7, 11) is 0. The van der Waals surface area contributed by atoms with Crippen LogP contribution >= 0.6 is 0 Å². The van der Waals surface area contributed by atoms with Gasteiger partial charge in [0, 0.05) is 18.0 Å². The third kappa shape index (κ3) is 2.58. The van der Waals surface area contributed by atoms with Crippen LogP contribution in [0.25, 0.3) is 0 Å². The third-order valence-corrected chi connectivity index (χ3v) is 2.19. The summed E-state index contributed by atoms with van der Waals surface area (Å²) in [6.07, 6.45) is -0.585. The van der Waals surface area contributed by atoms with Crippen LogP contribution in [0.4, 0.5) is 4.79 Å². The normalized spacial score (nSPS) is 22.1. The fourth-order valence-corrected chi connectivity index (χ4v) is 1.33. The fourth-order valence-electron chi connectivity index (χ4n) is 1.33. The number of likely N-dealkylation sites (tertiary alicyclic amines) is 1. The molecular formula is C11H17NO3. The molecule has 0 radical (unpaired) electrons. The lowest BCUT2D eigenvalue weighted by atomic mass is 10.1. The second kappa shape index (κ2) is 3.68. The van der Waals surface area contributed by atoms with E-state index in [1.807, 2.05) is 6.92 Å². The van der Waals surface area contributed by atoms with E-state index in [0.717, 1.165) is 4.90 Å². The van der Waals surface area contributed by atoms with Crippen LogP contribution in [0.15, 0.2) is 12.2 Å². The number of amides is 2. The maximum Gasteiger partial charge on any atom is 0.417 e. The van der Waals surface area contributed by atoms with Crippen LogP contribution in [0.2, 0.25) is 0 Å². The molecule has 4 nitrogen and oxygen atoms in total. The van der Waals surface area contributed by atoms with Crippen molar-refractivity contribution in [3.05, 3.63) is 12.2 Å². The van der Waals surface area contributed by atoms with E-state index in [0.29, 0.717) is 12.1 Å². The molecule has 15 heavy (non-hydrogen) atoms. The van der Waals surface area contributed by atoms with Gasteiger partial charge < -0.3 is 4.74 Å². The molecule has 0 aromatic carbocycles. The van der Waals surface area contributed by atoms with E-state index in [1.54, 1.807) is 20.8 Å². The van der Waals surface area contributed by atoms with E-state index in [1.165, 1.54) is 0 Å². The zero-order valence-corrected chi connectivity index (χ0v) is 9.66. The van der Waals surface area contributed by atoms with Crippen LogP contribution in [0, 0.1) is 5.92 Å². The monoisotopic (exact) mass is 211 g/mol. The van der Waals surface area contributed by atoms with Gasteiger partial charge in [0.2, 0.25) is 0 Å². The van der Waals surface area contributed by atoms with E-state index in [9.17, 15) is 9.59 Å². The summed E-state index contributed by atoms with van der Waals surface area (Å²) in [6.45, 7) is 11.2. The van der Waals surface area contributed by atoms with Gasteiger partial charge in [-0.2, -0.15) is 0 Å². The number of imide groups is 1. The van der Waals surface area contributed by atoms with Gasteiger partial charge in [-0.3, -0.25) is 4.79 Å². The summed E-state index contributed by atoms with van der Waals surface area (Å²) in [4.78, 5) is 24.3. The molecule has 0 N–H and O–H groups in total. The Balaban J connectivity index is 2.71. The number of carbonyl (C=O) groups excluding carboxylic acids is 2. The van der Waals surface area contributed by atoms with Crippen LogP contribution in [0.1, 0.15) is 27.7 Å². The van der Waals surface area contributed by atoms with E-state index in [2.05, 4.69) is 6.58 Å². The minimum Gasteiger partial charge on any atom is -0.443 e. The molecule has 4 heteroatoms. The van der Waals surface area contributed by atoms with Crippen molar-refractivity contribution in [2.24, 2.45) is 5.92 Å². The topological polar surface area (TPSA) is 46.6 Å². The Bertz CT molecular complexity index is 314. The molecule has 0 aromatic heterocycles. The number of carbonyl (C=O) groups is 2. The van der Waals surface area contributed by atoms with Crippen LogP contribution in [0.5, 0.6) is 0 Å². The SMILES string of the molecule is C=C1C(=O)N(C(=O)OC(C)(C)C)C[C@@H]1C. The van der Waals surface area contributed by atoms with Gasteiger partial charge in [-0.05, 0) is 20.8 Å². The largest absolute Gasteiger partial charge is 0.443 e. The summed E-state index contributed by atoms with van der Waals surface area (Å²) in [5.41, 5.74) is -0.106.